The summed E-state index contributed by atoms with van der Waals surface area (Å²) in [4.78, 5) is 12.9. The first-order valence-electron chi connectivity index (χ1n) is 12.5. The molecule has 4 aliphatic carbocycles. The number of hydrogen-bond acceptors (Lipinski definition) is 5. The number of esters is 1. The highest BCUT2D eigenvalue weighted by atomic mass is 16.5. The fraction of sp³-hybridized carbons (Fsp3) is 0.960. The van der Waals surface area contributed by atoms with Gasteiger partial charge < -0.3 is 20.3 Å². The maximum atomic E-state index is 12.9. The van der Waals surface area contributed by atoms with Crippen molar-refractivity contribution in [1.82, 2.24) is 0 Å². The average molecular weight is 422 g/mol. The number of hydrogen-bond donors (Lipinski definition) is 2. The van der Waals surface area contributed by atoms with Gasteiger partial charge in [-0.1, -0.05) is 20.8 Å². The summed E-state index contributed by atoms with van der Waals surface area (Å²) in [6.45, 7) is 9.97. The summed E-state index contributed by atoms with van der Waals surface area (Å²) < 4.78 is 11.6. The molecule has 5 nitrogen and oxygen atoms in total. The zero-order valence-corrected chi connectivity index (χ0v) is 19.4. The zero-order chi connectivity index (χ0) is 21.7. The minimum Gasteiger partial charge on any atom is -0.465 e. The van der Waals surface area contributed by atoms with E-state index < -0.39 is 0 Å². The number of ether oxygens (including phenoxy) is 2. The molecule has 0 bridgehead atoms. The highest BCUT2D eigenvalue weighted by molar-refractivity contribution is 5.74. The number of rotatable bonds is 5. The summed E-state index contributed by atoms with van der Waals surface area (Å²) in [7, 11) is 0. The normalized spacial score (nSPS) is 50.3. The third-order valence-electron chi connectivity index (χ3n) is 9.78. The Hall–Kier alpha value is -0.650. The molecule has 0 aromatic rings. The smallest absolute Gasteiger partial charge is 0.309 e. The lowest BCUT2D eigenvalue weighted by atomic mass is 9.43. The molecule has 0 radical (unpaired) electrons. The Kier molecular flexibility index (Phi) is 6.29. The number of aliphatic hydroxyl groups excluding tert-OH is 1. The molecule has 4 rings (SSSR count). The lowest BCUT2D eigenvalue weighted by Gasteiger charge is -2.63. The Bertz CT molecular complexity index is 641. The van der Waals surface area contributed by atoms with Crippen LogP contribution in [0.3, 0.4) is 0 Å². The van der Waals surface area contributed by atoms with E-state index in [0.717, 1.165) is 44.9 Å². The van der Waals surface area contributed by atoms with Gasteiger partial charge in [0, 0.05) is 12.6 Å². The van der Waals surface area contributed by atoms with E-state index in [9.17, 15) is 9.90 Å². The summed E-state index contributed by atoms with van der Waals surface area (Å²) in [6.07, 6.45) is 7.51. The van der Waals surface area contributed by atoms with Crippen molar-refractivity contribution < 1.29 is 19.4 Å². The maximum absolute atomic E-state index is 12.9. The molecular weight excluding hydrogens is 378 g/mol. The van der Waals surface area contributed by atoms with Gasteiger partial charge in [-0.2, -0.15) is 0 Å². The molecule has 0 spiro atoms. The molecule has 4 fully saturated rings. The number of nitrogens with two attached hydrogens (primary N) is 1. The minimum absolute atomic E-state index is 0.00377. The fourth-order valence-corrected chi connectivity index (χ4v) is 8.59. The summed E-state index contributed by atoms with van der Waals surface area (Å²) in [6, 6.07) is 0.0983. The topological polar surface area (TPSA) is 81.8 Å². The number of aliphatic hydroxyl groups is 1. The van der Waals surface area contributed by atoms with E-state index >= 15 is 0 Å². The van der Waals surface area contributed by atoms with Gasteiger partial charge in [-0.05, 0) is 92.8 Å². The minimum atomic E-state index is -0.353. The van der Waals surface area contributed by atoms with Gasteiger partial charge in [0.25, 0.3) is 0 Å². The van der Waals surface area contributed by atoms with E-state index in [4.69, 9.17) is 15.2 Å². The van der Waals surface area contributed by atoms with Gasteiger partial charge in [0.15, 0.2) is 0 Å². The molecule has 5 unspecified atom stereocenters. The highest BCUT2D eigenvalue weighted by Crippen LogP contribution is 2.67. The van der Waals surface area contributed by atoms with Crippen molar-refractivity contribution in [2.45, 2.75) is 97.3 Å². The molecule has 10 atom stereocenters. The van der Waals surface area contributed by atoms with Crippen molar-refractivity contribution >= 4 is 5.97 Å². The van der Waals surface area contributed by atoms with Crippen molar-refractivity contribution in [2.24, 2.45) is 46.2 Å². The van der Waals surface area contributed by atoms with Gasteiger partial charge in [-0.15, -0.1) is 0 Å². The van der Waals surface area contributed by atoms with Crippen molar-refractivity contribution in [1.29, 1.82) is 0 Å². The van der Waals surface area contributed by atoms with Crippen LogP contribution in [0.4, 0.5) is 0 Å². The third kappa shape index (κ3) is 3.44. The molecule has 0 aromatic heterocycles. The summed E-state index contributed by atoms with van der Waals surface area (Å²) in [5.74, 6) is 2.10. The molecule has 5 heteroatoms. The molecule has 0 aromatic carbocycles. The van der Waals surface area contributed by atoms with Gasteiger partial charge in [0.05, 0.1) is 24.7 Å². The van der Waals surface area contributed by atoms with Crippen LogP contribution in [0.25, 0.3) is 0 Å². The molecule has 30 heavy (non-hydrogen) atoms. The van der Waals surface area contributed by atoms with Gasteiger partial charge in [0.2, 0.25) is 0 Å². The fourth-order valence-electron chi connectivity index (χ4n) is 8.59. The molecule has 4 saturated carbocycles. The van der Waals surface area contributed by atoms with Crippen molar-refractivity contribution in [2.75, 3.05) is 13.2 Å². The number of carbonyl (C=O) groups excluding carboxylic acids is 1. The van der Waals surface area contributed by atoms with Crippen molar-refractivity contribution in [3.05, 3.63) is 0 Å². The van der Waals surface area contributed by atoms with Crippen LogP contribution in [0, 0.1) is 40.4 Å². The summed E-state index contributed by atoms with van der Waals surface area (Å²) in [5, 5.41) is 10.7. The number of fused-ring (bicyclic) bond motifs is 5. The lowest BCUT2D eigenvalue weighted by Crippen LogP contribution is -2.63. The van der Waals surface area contributed by atoms with Crippen molar-refractivity contribution in [3.8, 4) is 0 Å². The van der Waals surface area contributed by atoms with Crippen LogP contribution in [0.15, 0.2) is 0 Å². The van der Waals surface area contributed by atoms with Crippen LogP contribution in [0.2, 0.25) is 0 Å². The third-order valence-corrected chi connectivity index (χ3v) is 9.78. The van der Waals surface area contributed by atoms with Crippen LogP contribution in [-0.4, -0.2) is 42.5 Å². The molecule has 172 valence electrons. The van der Waals surface area contributed by atoms with E-state index in [1.807, 2.05) is 13.8 Å². The maximum Gasteiger partial charge on any atom is 0.309 e. The Morgan fingerprint density at radius 3 is 2.57 bits per heavy atom. The molecule has 0 aliphatic heterocycles. The Morgan fingerprint density at radius 2 is 1.87 bits per heavy atom. The molecule has 0 saturated heterocycles. The monoisotopic (exact) mass is 421 g/mol. The van der Waals surface area contributed by atoms with E-state index in [2.05, 4.69) is 13.8 Å². The second-order valence-corrected chi connectivity index (χ2v) is 11.2. The van der Waals surface area contributed by atoms with Gasteiger partial charge in [0.1, 0.15) is 0 Å². The number of carbonyl (C=O) groups is 1. The lowest BCUT2D eigenvalue weighted by molar-refractivity contribution is -0.180. The first kappa shape index (κ1) is 22.5. The van der Waals surface area contributed by atoms with E-state index in [-0.39, 0.29) is 41.0 Å². The molecular formula is C25H43NO4. The van der Waals surface area contributed by atoms with E-state index in [1.165, 1.54) is 6.42 Å². The Labute approximate surface area is 182 Å². The molecule has 0 amide bonds. The predicted octanol–water partition coefficient (Wildman–Crippen LogP) is 3.91. The van der Waals surface area contributed by atoms with Crippen LogP contribution in [-0.2, 0) is 14.3 Å². The van der Waals surface area contributed by atoms with E-state index in [0.29, 0.717) is 36.9 Å². The summed E-state index contributed by atoms with van der Waals surface area (Å²) in [5.41, 5.74) is 7.06. The van der Waals surface area contributed by atoms with E-state index in [1.54, 1.807) is 0 Å². The molecule has 4 aliphatic rings. The molecule has 0 heterocycles. The van der Waals surface area contributed by atoms with Gasteiger partial charge >= 0.3 is 5.97 Å². The van der Waals surface area contributed by atoms with Crippen molar-refractivity contribution in [3.63, 3.8) is 0 Å². The zero-order valence-electron chi connectivity index (χ0n) is 19.4. The largest absolute Gasteiger partial charge is 0.465 e. The predicted molar refractivity (Wildman–Crippen MR) is 117 cm³/mol. The van der Waals surface area contributed by atoms with Crippen LogP contribution in [0.1, 0.15) is 79.1 Å². The molecule has 3 N–H and O–H groups in total. The van der Waals surface area contributed by atoms with Crippen LogP contribution in [0.5, 0.6) is 0 Å². The summed E-state index contributed by atoms with van der Waals surface area (Å²) >= 11 is 0. The first-order chi connectivity index (χ1) is 14.3. The Morgan fingerprint density at radius 1 is 1.10 bits per heavy atom. The van der Waals surface area contributed by atoms with Crippen LogP contribution < -0.4 is 5.73 Å². The SMILES string of the molecule is CCCOC(=O)C1CC[C@H]2[C@@H]3CCC4CC(O)C(OCC)C[C@]4(C)[C@@H]3C(N)C[C@]12C. The Balaban J connectivity index is 1.59. The van der Waals surface area contributed by atoms with Gasteiger partial charge in [-0.25, -0.2) is 0 Å². The average Bonchev–Trinajstić information content (AvgIpc) is 3.03. The highest BCUT2D eigenvalue weighted by Gasteiger charge is 2.64. The first-order valence-corrected chi connectivity index (χ1v) is 12.5. The quantitative estimate of drug-likeness (QED) is 0.658. The van der Waals surface area contributed by atoms with Gasteiger partial charge in [-0.3, -0.25) is 4.79 Å². The second-order valence-electron chi connectivity index (χ2n) is 11.2. The van der Waals surface area contributed by atoms with Crippen LogP contribution >= 0.6 is 0 Å². The standard InChI is InChI=1S/C25H43NO4/c1-5-11-30-23(28)18-10-9-17-16-8-7-15-12-20(27)21(29-6-2)14-24(15,3)22(16)19(26)13-25(17,18)4/h15-22,27H,5-14,26H2,1-4H3/t15?,16-,17-,18?,19?,20?,21?,22-,24-,25-/m0/s1. The second kappa shape index (κ2) is 8.37.